The number of allylic oxidation sites excluding steroid dienone is 4. The highest BCUT2D eigenvalue weighted by Gasteiger charge is 2.36. The molecule has 1 saturated heterocycles. The van der Waals surface area contributed by atoms with Crippen molar-refractivity contribution in [3.8, 4) is 0 Å². The Morgan fingerprint density at radius 1 is 1.37 bits per heavy atom. The number of amides is 1. The van der Waals surface area contributed by atoms with E-state index in [0.29, 0.717) is 43.0 Å². The Balaban J connectivity index is 1.94. The molecule has 1 aliphatic heterocycles. The fraction of sp³-hybridized carbons (Fsp3) is 0.480. The Bertz CT molecular complexity index is 939. The normalized spacial score (nSPS) is 14.4. The highest BCUT2D eigenvalue weighted by atomic mass is 35.5. The van der Waals surface area contributed by atoms with E-state index in [2.05, 4.69) is 28.7 Å². The van der Waals surface area contributed by atoms with Crippen molar-refractivity contribution in [1.82, 2.24) is 20.2 Å². The number of likely N-dealkylation sites (N-methyl/N-ethyl adjacent to an activating group) is 1. The van der Waals surface area contributed by atoms with Crippen LogP contribution in [0, 0.1) is 5.92 Å². The molecule has 0 saturated carbocycles. The molecular weight excluding hydrogens is 464 g/mol. The quantitative estimate of drug-likeness (QED) is 0.332. The Kier molecular flexibility index (Phi) is 11.6. The molecule has 0 aromatic carbocycles. The van der Waals surface area contributed by atoms with E-state index < -0.39 is 0 Å². The van der Waals surface area contributed by atoms with Crippen LogP contribution in [0.2, 0.25) is 5.02 Å². The molecule has 0 bridgehead atoms. The molecule has 0 radical (unpaired) electrons. The van der Waals surface area contributed by atoms with Gasteiger partial charge in [0.1, 0.15) is 5.02 Å². The fourth-order valence-corrected chi connectivity index (χ4v) is 3.83. The zero-order valence-electron chi connectivity index (χ0n) is 21.1. The van der Waals surface area contributed by atoms with E-state index in [1.54, 1.807) is 24.3 Å². The molecule has 1 amide bonds. The van der Waals surface area contributed by atoms with E-state index in [0.717, 1.165) is 37.2 Å². The van der Waals surface area contributed by atoms with Gasteiger partial charge in [0.05, 0.1) is 24.4 Å². The maximum atomic E-state index is 12.9. The smallest absolute Gasteiger partial charge is 0.229 e. The van der Waals surface area contributed by atoms with E-state index in [-0.39, 0.29) is 11.8 Å². The summed E-state index contributed by atoms with van der Waals surface area (Å²) in [5.74, 6) is 1.22. The van der Waals surface area contributed by atoms with Gasteiger partial charge < -0.3 is 31.5 Å². The molecule has 5 N–H and O–H groups in total. The summed E-state index contributed by atoms with van der Waals surface area (Å²) in [6, 6.07) is 0. The van der Waals surface area contributed by atoms with Crippen molar-refractivity contribution >= 4 is 29.3 Å². The second-order valence-electron chi connectivity index (χ2n) is 8.67. The lowest BCUT2D eigenvalue weighted by Crippen LogP contribution is -2.54. The van der Waals surface area contributed by atoms with Crippen LogP contribution in [0.3, 0.4) is 0 Å². The number of nitrogens with zero attached hydrogens (tertiary/aromatic N) is 5. The number of halogens is 1. The van der Waals surface area contributed by atoms with Crippen LogP contribution >= 0.6 is 11.6 Å². The number of aromatic nitrogens is 2. The second-order valence-corrected chi connectivity index (χ2v) is 9.08. The first kappa shape index (κ1) is 28.2. The van der Waals surface area contributed by atoms with Gasteiger partial charge in [-0.15, -0.1) is 0 Å². The van der Waals surface area contributed by atoms with Gasteiger partial charge in [-0.05, 0) is 32.4 Å². The largest absolute Gasteiger partial charge is 0.403 e. The van der Waals surface area contributed by atoms with Crippen LogP contribution in [0.15, 0.2) is 54.7 Å². The topological polar surface area (TPSA) is 117 Å². The summed E-state index contributed by atoms with van der Waals surface area (Å²) in [5.41, 5.74) is 13.1. The van der Waals surface area contributed by atoms with Gasteiger partial charge in [0.15, 0.2) is 5.82 Å². The van der Waals surface area contributed by atoms with Gasteiger partial charge in [-0.1, -0.05) is 42.8 Å². The third kappa shape index (κ3) is 8.60. The van der Waals surface area contributed by atoms with Gasteiger partial charge >= 0.3 is 0 Å². The average molecular weight is 503 g/mol. The summed E-state index contributed by atoms with van der Waals surface area (Å²) in [4.78, 5) is 27.9. The van der Waals surface area contributed by atoms with Crippen LogP contribution in [0.1, 0.15) is 26.7 Å². The molecule has 192 valence electrons. The lowest BCUT2D eigenvalue weighted by molar-refractivity contribution is -0.134. The molecule has 0 spiro atoms. The summed E-state index contributed by atoms with van der Waals surface area (Å²) in [6.07, 6.45) is 12.3. The van der Waals surface area contributed by atoms with Gasteiger partial charge in [-0.3, -0.25) is 4.79 Å². The van der Waals surface area contributed by atoms with E-state index in [1.807, 2.05) is 30.1 Å². The van der Waals surface area contributed by atoms with Crippen LogP contribution in [-0.4, -0.2) is 67.1 Å². The molecule has 1 aromatic heterocycles. The predicted octanol–water partition coefficient (Wildman–Crippen LogP) is 2.63. The van der Waals surface area contributed by atoms with Crippen molar-refractivity contribution in [3.05, 3.63) is 59.7 Å². The summed E-state index contributed by atoms with van der Waals surface area (Å²) in [7, 11) is 1.77. The lowest BCUT2D eigenvalue weighted by atomic mass is 9.98. The maximum Gasteiger partial charge on any atom is 0.229 e. The van der Waals surface area contributed by atoms with Crippen molar-refractivity contribution in [3.63, 3.8) is 0 Å². The maximum absolute atomic E-state index is 12.9. The number of nitrogens with one attached hydrogen (secondary N) is 1. The third-order valence-electron chi connectivity index (χ3n) is 5.49. The standard InChI is InChI=1S/C25H39ClN8O/c1-5-12-33(13-8-10-27)25-30-15-22(26)23(31-25)34-16-20(17-34)24(35)32(4)18-21(14-28)29-11-7-6-9-19(2)3/h6-7,9,11,14-15,20,29H,2,5,8,10,12-13,16-18,27-28H2,1,3-4H3/b9-6-,11-7-,21-14-. The molecule has 1 fully saturated rings. The van der Waals surface area contributed by atoms with E-state index in [4.69, 9.17) is 28.1 Å². The number of rotatable bonds is 14. The molecule has 1 aliphatic rings. The number of carbonyl (C=O) groups is 1. The Hall–Kier alpha value is -3.04. The summed E-state index contributed by atoms with van der Waals surface area (Å²) in [5, 5.41) is 3.59. The lowest BCUT2D eigenvalue weighted by Gasteiger charge is -2.41. The molecule has 0 aliphatic carbocycles. The molecule has 10 heteroatoms. The number of carbonyl (C=O) groups excluding carboxylic acids is 1. The Morgan fingerprint density at radius 2 is 2.11 bits per heavy atom. The monoisotopic (exact) mass is 502 g/mol. The molecule has 2 heterocycles. The SMILES string of the molecule is C=C(C)/C=C\C=C/N/C(=C\N)CN(C)C(=O)C1CN(c2nc(N(CCC)CCCN)ncc2Cl)C1. The first-order valence-electron chi connectivity index (χ1n) is 11.9. The van der Waals surface area contributed by atoms with Gasteiger partial charge in [-0.2, -0.15) is 4.98 Å². The molecule has 0 unspecified atom stereocenters. The summed E-state index contributed by atoms with van der Waals surface area (Å²) >= 11 is 6.41. The van der Waals surface area contributed by atoms with Gasteiger partial charge in [0.2, 0.25) is 11.9 Å². The van der Waals surface area contributed by atoms with Crippen LogP contribution in [-0.2, 0) is 4.79 Å². The van der Waals surface area contributed by atoms with Gasteiger partial charge in [-0.25, -0.2) is 4.98 Å². The minimum Gasteiger partial charge on any atom is -0.403 e. The molecule has 35 heavy (non-hydrogen) atoms. The molecular formula is C25H39ClN8O. The van der Waals surface area contributed by atoms with Crippen LogP contribution in [0.25, 0.3) is 0 Å². The Morgan fingerprint density at radius 3 is 2.74 bits per heavy atom. The number of hydrogen-bond acceptors (Lipinski definition) is 8. The van der Waals surface area contributed by atoms with Crippen LogP contribution in [0.4, 0.5) is 11.8 Å². The minimum absolute atomic E-state index is 0.0505. The number of anilines is 2. The second kappa shape index (κ2) is 14.4. The predicted molar refractivity (Wildman–Crippen MR) is 145 cm³/mol. The fourth-order valence-electron chi connectivity index (χ4n) is 3.62. The zero-order valence-corrected chi connectivity index (χ0v) is 21.8. The molecule has 2 rings (SSSR count). The molecule has 1 aromatic rings. The van der Waals surface area contributed by atoms with E-state index in [9.17, 15) is 4.79 Å². The minimum atomic E-state index is -0.133. The van der Waals surface area contributed by atoms with Crippen LogP contribution in [0.5, 0.6) is 0 Å². The summed E-state index contributed by atoms with van der Waals surface area (Å²) in [6.45, 7) is 11.6. The third-order valence-corrected chi connectivity index (χ3v) is 5.76. The van der Waals surface area contributed by atoms with Gasteiger partial charge in [0.25, 0.3) is 0 Å². The van der Waals surface area contributed by atoms with Crippen molar-refractivity contribution in [1.29, 1.82) is 0 Å². The average Bonchev–Trinajstić information content (AvgIpc) is 2.80. The first-order valence-corrected chi connectivity index (χ1v) is 12.3. The Labute approximate surface area is 214 Å². The number of nitrogens with two attached hydrogens (primary N) is 2. The van der Waals surface area contributed by atoms with Gasteiger partial charge in [0, 0.05) is 45.6 Å². The van der Waals surface area contributed by atoms with E-state index >= 15 is 0 Å². The van der Waals surface area contributed by atoms with Crippen molar-refractivity contribution in [2.45, 2.75) is 26.7 Å². The van der Waals surface area contributed by atoms with Crippen molar-refractivity contribution in [2.24, 2.45) is 17.4 Å². The van der Waals surface area contributed by atoms with E-state index in [1.165, 1.54) is 6.20 Å². The highest BCUT2D eigenvalue weighted by Crippen LogP contribution is 2.31. The summed E-state index contributed by atoms with van der Waals surface area (Å²) < 4.78 is 0. The zero-order chi connectivity index (χ0) is 25.8. The van der Waals surface area contributed by atoms with Crippen molar-refractivity contribution < 1.29 is 4.79 Å². The van der Waals surface area contributed by atoms with Crippen molar-refractivity contribution in [2.75, 3.05) is 56.1 Å². The number of hydrogen-bond donors (Lipinski definition) is 3. The highest BCUT2D eigenvalue weighted by molar-refractivity contribution is 6.32. The molecule has 9 nitrogen and oxygen atoms in total. The molecule has 0 atom stereocenters. The van der Waals surface area contributed by atoms with Crippen LogP contribution < -0.4 is 26.6 Å². The first-order chi connectivity index (χ1) is 16.8.